The summed E-state index contributed by atoms with van der Waals surface area (Å²) in [6, 6.07) is 9.57. The Bertz CT molecular complexity index is 882. The number of phenols is 1. The van der Waals surface area contributed by atoms with Crippen molar-refractivity contribution in [1.82, 2.24) is 10.1 Å². The number of benzene rings is 2. The van der Waals surface area contributed by atoms with Crippen molar-refractivity contribution in [2.45, 2.75) is 6.54 Å². The molecule has 130 valence electrons. The Morgan fingerprint density at radius 3 is 2.64 bits per heavy atom. The van der Waals surface area contributed by atoms with Crippen molar-refractivity contribution < 1.29 is 23.5 Å². The third kappa shape index (κ3) is 3.63. The Kier molecular flexibility index (Phi) is 4.69. The van der Waals surface area contributed by atoms with Crippen LogP contribution in [0.2, 0.25) is 0 Å². The van der Waals surface area contributed by atoms with Crippen LogP contribution >= 0.6 is 0 Å². The highest BCUT2D eigenvalue weighted by molar-refractivity contribution is 5.61. The molecular formula is C17H16FN3O4. The van der Waals surface area contributed by atoms with E-state index in [1.165, 1.54) is 12.1 Å². The van der Waals surface area contributed by atoms with E-state index in [9.17, 15) is 9.50 Å². The fraction of sp³-hybridized carbons (Fsp3) is 0.176. The Hall–Kier alpha value is -3.29. The third-order valence-electron chi connectivity index (χ3n) is 3.52. The van der Waals surface area contributed by atoms with Crippen LogP contribution in [0, 0.1) is 5.82 Å². The number of rotatable bonds is 6. The average Bonchev–Trinajstić information content (AvgIpc) is 3.11. The highest BCUT2D eigenvalue weighted by Crippen LogP contribution is 2.31. The van der Waals surface area contributed by atoms with E-state index in [1.54, 1.807) is 38.5 Å². The maximum absolute atomic E-state index is 13.3. The number of phenolic OH excluding ortho intramolecular Hbond substituents is 1. The number of aromatic hydroxyl groups is 1. The van der Waals surface area contributed by atoms with E-state index >= 15 is 0 Å². The second kappa shape index (κ2) is 7.08. The molecule has 0 radical (unpaired) electrons. The minimum absolute atomic E-state index is 0.193. The van der Waals surface area contributed by atoms with Gasteiger partial charge in [-0.25, -0.2) is 4.39 Å². The molecule has 1 aromatic heterocycles. The molecule has 8 heteroatoms. The summed E-state index contributed by atoms with van der Waals surface area (Å²) in [5.41, 5.74) is 1.33. The summed E-state index contributed by atoms with van der Waals surface area (Å²) >= 11 is 0. The van der Waals surface area contributed by atoms with Crippen LogP contribution in [0.3, 0.4) is 0 Å². The van der Waals surface area contributed by atoms with Gasteiger partial charge in [0.1, 0.15) is 0 Å². The molecule has 0 unspecified atom stereocenters. The second-order valence-corrected chi connectivity index (χ2v) is 5.13. The van der Waals surface area contributed by atoms with E-state index in [0.717, 1.165) is 0 Å². The first-order valence-corrected chi connectivity index (χ1v) is 7.38. The van der Waals surface area contributed by atoms with E-state index in [2.05, 4.69) is 15.5 Å². The quantitative estimate of drug-likeness (QED) is 0.709. The summed E-state index contributed by atoms with van der Waals surface area (Å²) in [6.45, 7) is 0.269. The lowest BCUT2D eigenvalue weighted by Crippen LogP contribution is -2.00. The molecule has 0 spiro atoms. The van der Waals surface area contributed by atoms with Gasteiger partial charge in [-0.1, -0.05) is 11.2 Å². The zero-order valence-corrected chi connectivity index (χ0v) is 13.6. The Morgan fingerprint density at radius 1 is 1.12 bits per heavy atom. The van der Waals surface area contributed by atoms with Gasteiger partial charge in [-0.15, -0.1) is 0 Å². The predicted molar refractivity (Wildman–Crippen MR) is 88.2 cm³/mol. The summed E-state index contributed by atoms with van der Waals surface area (Å²) in [4.78, 5) is 4.24. The topological polar surface area (TPSA) is 89.6 Å². The van der Waals surface area contributed by atoms with Gasteiger partial charge in [0.05, 0.1) is 14.2 Å². The molecule has 0 aliphatic heterocycles. The van der Waals surface area contributed by atoms with Crippen LogP contribution in [0.1, 0.15) is 5.56 Å². The maximum atomic E-state index is 13.3. The molecule has 0 saturated heterocycles. The molecular weight excluding hydrogens is 329 g/mol. The zero-order valence-electron chi connectivity index (χ0n) is 13.6. The van der Waals surface area contributed by atoms with Crippen LogP contribution in [0.25, 0.3) is 11.4 Å². The molecule has 0 saturated carbocycles. The molecule has 1 heterocycles. The first-order chi connectivity index (χ1) is 12.1. The minimum Gasteiger partial charge on any atom is -0.505 e. The van der Waals surface area contributed by atoms with Gasteiger partial charge < -0.3 is 24.4 Å². The van der Waals surface area contributed by atoms with E-state index < -0.39 is 11.6 Å². The SMILES string of the molecule is COc1ccc(-c2noc(NCc3ccc(O)c(F)c3)n2)cc1OC. The van der Waals surface area contributed by atoms with E-state index in [-0.39, 0.29) is 12.6 Å². The lowest BCUT2D eigenvalue weighted by molar-refractivity contribution is 0.355. The van der Waals surface area contributed by atoms with Crippen molar-refractivity contribution in [3.8, 4) is 28.6 Å². The van der Waals surface area contributed by atoms with Crippen LogP contribution in [0.5, 0.6) is 17.2 Å². The lowest BCUT2D eigenvalue weighted by Gasteiger charge is -2.07. The van der Waals surface area contributed by atoms with Gasteiger partial charge in [0.25, 0.3) is 0 Å². The van der Waals surface area contributed by atoms with Crippen LogP contribution in [-0.4, -0.2) is 29.5 Å². The van der Waals surface area contributed by atoms with E-state index in [4.69, 9.17) is 14.0 Å². The molecule has 3 rings (SSSR count). The van der Waals surface area contributed by atoms with Crippen LogP contribution < -0.4 is 14.8 Å². The highest BCUT2D eigenvalue weighted by atomic mass is 19.1. The van der Waals surface area contributed by atoms with Gasteiger partial charge >= 0.3 is 6.01 Å². The summed E-state index contributed by atoms with van der Waals surface area (Å²) < 4.78 is 28.9. The smallest absolute Gasteiger partial charge is 0.322 e. The number of hydrogen-bond acceptors (Lipinski definition) is 7. The number of halogens is 1. The largest absolute Gasteiger partial charge is 0.505 e. The van der Waals surface area contributed by atoms with Crippen LogP contribution in [0.4, 0.5) is 10.4 Å². The molecule has 0 aliphatic carbocycles. The molecule has 2 aromatic carbocycles. The minimum atomic E-state index is -0.684. The number of nitrogens with one attached hydrogen (secondary N) is 1. The average molecular weight is 345 g/mol. The van der Waals surface area contributed by atoms with Crippen molar-refractivity contribution >= 4 is 6.01 Å². The van der Waals surface area contributed by atoms with Crippen molar-refractivity contribution in [3.63, 3.8) is 0 Å². The van der Waals surface area contributed by atoms with Gasteiger partial charge in [-0.3, -0.25) is 0 Å². The molecule has 0 aliphatic rings. The number of nitrogens with zero attached hydrogens (tertiary/aromatic N) is 2. The molecule has 25 heavy (non-hydrogen) atoms. The van der Waals surface area contributed by atoms with Crippen molar-refractivity contribution in [2.24, 2.45) is 0 Å². The fourth-order valence-electron chi connectivity index (χ4n) is 2.23. The van der Waals surface area contributed by atoms with Gasteiger partial charge in [-0.05, 0) is 35.9 Å². The first-order valence-electron chi connectivity index (χ1n) is 7.38. The lowest BCUT2D eigenvalue weighted by atomic mass is 10.2. The van der Waals surface area contributed by atoms with Crippen LogP contribution in [-0.2, 0) is 6.54 Å². The molecule has 2 N–H and O–H groups in total. The fourth-order valence-corrected chi connectivity index (χ4v) is 2.23. The summed E-state index contributed by atoms with van der Waals surface area (Å²) in [5, 5.41) is 16.0. The standard InChI is InChI=1S/C17H16FN3O4/c1-23-14-6-4-11(8-15(14)24-2)16-20-17(25-21-16)19-9-10-3-5-13(22)12(18)7-10/h3-8,22H,9H2,1-2H3,(H,19,20,21). The molecule has 3 aromatic rings. The Labute approximate surface area is 143 Å². The third-order valence-corrected chi connectivity index (χ3v) is 3.52. The molecule has 7 nitrogen and oxygen atoms in total. The number of methoxy groups -OCH3 is 2. The predicted octanol–water partition coefficient (Wildman–Crippen LogP) is 3.21. The van der Waals surface area contributed by atoms with E-state index in [1.807, 2.05) is 0 Å². The monoisotopic (exact) mass is 345 g/mol. The van der Waals surface area contributed by atoms with Crippen molar-refractivity contribution in [3.05, 3.63) is 47.8 Å². The number of aromatic nitrogens is 2. The molecule has 0 fully saturated rings. The number of anilines is 1. The normalized spacial score (nSPS) is 10.5. The summed E-state index contributed by atoms with van der Waals surface area (Å²) in [5.74, 6) is 0.454. The Morgan fingerprint density at radius 2 is 1.92 bits per heavy atom. The van der Waals surface area contributed by atoms with Crippen LogP contribution in [0.15, 0.2) is 40.9 Å². The first kappa shape index (κ1) is 16.6. The Balaban J connectivity index is 1.73. The summed E-state index contributed by atoms with van der Waals surface area (Å²) in [6.07, 6.45) is 0. The van der Waals surface area contributed by atoms with Gasteiger partial charge in [0.15, 0.2) is 23.1 Å². The van der Waals surface area contributed by atoms with E-state index in [0.29, 0.717) is 28.5 Å². The maximum Gasteiger partial charge on any atom is 0.322 e. The zero-order chi connectivity index (χ0) is 17.8. The molecule has 0 atom stereocenters. The van der Waals surface area contributed by atoms with Crippen molar-refractivity contribution in [2.75, 3.05) is 19.5 Å². The highest BCUT2D eigenvalue weighted by Gasteiger charge is 2.12. The van der Waals surface area contributed by atoms with Gasteiger partial charge in [-0.2, -0.15) is 4.98 Å². The number of ether oxygens (including phenoxy) is 2. The molecule has 0 amide bonds. The second-order valence-electron chi connectivity index (χ2n) is 5.13. The summed E-state index contributed by atoms with van der Waals surface area (Å²) in [7, 11) is 3.10. The number of hydrogen-bond donors (Lipinski definition) is 2. The van der Waals surface area contributed by atoms with Gasteiger partial charge in [0.2, 0.25) is 5.82 Å². The van der Waals surface area contributed by atoms with Gasteiger partial charge in [0, 0.05) is 12.1 Å². The molecule has 0 bridgehead atoms. The van der Waals surface area contributed by atoms with Crippen molar-refractivity contribution in [1.29, 1.82) is 0 Å².